The summed E-state index contributed by atoms with van der Waals surface area (Å²) in [4.78, 5) is 11.8. The Morgan fingerprint density at radius 3 is 2.76 bits per heavy atom. The fourth-order valence-corrected chi connectivity index (χ4v) is 1.83. The molecule has 0 spiro atoms. The fourth-order valence-electron chi connectivity index (χ4n) is 1.36. The third-order valence-corrected chi connectivity index (χ3v) is 2.82. The number of carbonyl (C=O) groups excluding carboxylic acids is 1. The molecule has 5 heteroatoms. The van der Waals surface area contributed by atoms with Crippen LogP contribution in [0.15, 0.2) is 16.6 Å². The summed E-state index contributed by atoms with van der Waals surface area (Å²) in [5, 5.41) is 0. The average molecular weight is 302 g/mol. The Hall–Kier alpha value is -1.07. The van der Waals surface area contributed by atoms with Crippen molar-refractivity contribution in [2.75, 3.05) is 26.1 Å². The number of halogens is 1. The van der Waals surface area contributed by atoms with Crippen molar-refractivity contribution in [2.45, 2.75) is 13.3 Å². The lowest BCUT2D eigenvalue weighted by molar-refractivity contribution is 0.0467. The van der Waals surface area contributed by atoms with Crippen LogP contribution >= 0.6 is 15.9 Å². The van der Waals surface area contributed by atoms with Gasteiger partial charge in [0.2, 0.25) is 0 Å². The van der Waals surface area contributed by atoms with Crippen molar-refractivity contribution in [2.24, 2.45) is 0 Å². The molecule has 2 N–H and O–H groups in total. The van der Waals surface area contributed by atoms with Crippen molar-refractivity contribution < 1.29 is 14.3 Å². The van der Waals surface area contributed by atoms with Crippen molar-refractivity contribution in [1.29, 1.82) is 0 Å². The van der Waals surface area contributed by atoms with Crippen LogP contribution < -0.4 is 5.73 Å². The van der Waals surface area contributed by atoms with E-state index in [0.717, 1.165) is 10.0 Å². The summed E-state index contributed by atoms with van der Waals surface area (Å²) in [5.41, 5.74) is 7.59. The number of hydrogen-bond acceptors (Lipinski definition) is 4. The van der Waals surface area contributed by atoms with E-state index in [1.807, 2.05) is 0 Å². The molecule has 1 rings (SSSR count). The van der Waals surface area contributed by atoms with E-state index in [1.54, 1.807) is 26.2 Å². The molecule has 17 heavy (non-hydrogen) atoms. The van der Waals surface area contributed by atoms with Gasteiger partial charge in [-0.1, -0.05) is 15.9 Å². The zero-order valence-electron chi connectivity index (χ0n) is 9.96. The second kappa shape index (κ2) is 6.61. The number of anilines is 1. The number of esters is 1. The van der Waals surface area contributed by atoms with Crippen molar-refractivity contribution >= 4 is 27.6 Å². The molecule has 0 bridgehead atoms. The van der Waals surface area contributed by atoms with Gasteiger partial charge in [0.05, 0.1) is 12.2 Å². The van der Waals surface area contributed by atoms with Gasteiger partial charge in [0, 0.05) is 30.3 Å². The highest BCUT2D eigenvalue weighted by molar-refractivity contribution is 9.10. The van der Waals surface area contributed by atoms with Crippen LogP contribution in [-0.4, -0.2) is 26.3 Å². The lowest BCUT2D eigenvalue weighted by atomic mass is 10.1. The minimum atomic E-state index is -0.355. The molecule has 0 fully saturated rings. The summed E-state index contributed by atoms with van der Waals surface area (Å²) in [5.74, 6) is -0.355. The lowest BCUT2D eigenvalue weighted by Crippen LogP contribution is -2.10. The maximum Gasteiger partial charge on any atom is 0.338 e. The van der Waals surface area contributed by atoms with Crippen LogP contribution in [0.3, 0.4) is 0 Å². The highest BCUT2D eigenvalue weighted by Gasteiger charge is 2.13. The fraction of sp³-hybridized carbons (Fsp3) is 0.417. The van der Waals surface area contributed by atoms with Gasteiger partial charge in [-0.05, 0) is 24.6 Å². The Labute approximate surface area is 109 Å². The second-order valence-corrected chi connectivity index (χ2v) is 4.57. The molecule has 0 saturated carbocycles. The molecule has 0 unspecified atom stereocenters. The molecule has 1 aromatic carbocycles. The number of nitrogen functional groups attached to an aromatic ring is 1. The normalized spacial score (nSPS) is 10.3. The van der Waals surface area contributed by atoms with E-state index in [1.165, 1.54) is 0 Å². The molecule has 0 aliphatic heterocycles. The molecule has 0 amide bonds. The van der Waals surface area contributed by atoms with Gasteiger partial charge in [-0.25, -0.2) is 4.79 Å². The predicted molar refractivity (Wildman–Crippen MR) is 70.1 cm³/mol. The second-order valence-electron chi connectivity index (χ2n) is 3.65. The predicted octanol–water partition coefficient (Wildman–Crippen LogP) is 2.53. The minimum absolute atomic E-state index is 0.346. The largest absolute Gasteiger partial charge is 0.462 e. The number of carbonyl (C=O) groups is 1. The van der Waals surface area contributed by atoms with Crippen molar-refractivity contribution in [3.05, 3.63) is 27.7 Å². The topological polar surface area (TPSA) is 61.5 Å². The Bertz CT molecular complexity index is 407. The van der Waals surface area contributed by atoms with Gasteiger partial charge in [-0.3, -0.25) is 0 Å². The number of methoxy groups -OCH3 is 1. The third-order valence-electron chi connectivity index (χ3n) is 2.36. The van der Waals surface area contributed by atoms with E-state index < -0.39 is 0 Å². The summed E-state index contributed by atoms with van der Waals surface area (Å²) in [7, 11) is 1.61. The number of hydrogen-bond donors (Lipinski definition) is 1. The first-order chi connectivity index (χ1) is 8.06. The molecule has 1 aromatic rings. The molecular weight excluding hydrogens is 286 g/mol. The van der Waals surface area contributed by atoms with Crippen LogP contribution in [-0.2, 0) is 9.47 Å². The van der Waals surface area contributed by atoms with Crippen LogP contribution in [0.5, 0.6) is 0 Å². The van der Waals surface area contributed by atoms with Gasteiger partial charge in [-0.15, -0.1) is 0 Å². The average Bonchev–Trinajstić information content (AvgIpc) is 2.29. The van der Waals surface area contributed by atoms with E-state index in [0.29, 0.717) is 30.9 Å². The molecule has 94 valence electrons. The monoisotopic (exact) mass is 301 g/mol. The van der Waals surface area contributed by atoms with Crippen LogP contribution in [0.1, 0.15) is 22.3 Å². The maximum atomic E-state index is 11.8. The minimum Gasteiger partial charge on any atom is -0.462 e. The van der Waals surface area contributed by atoms with Gasteiger partial charge in [0.15, 0.2) is 0 Å². The van der Waals surface area contributed by atoms with Gasteiger partial charge in [0.1, 0.15) is 0 Å². The lowest BCUT2D eigenvalue weighted by Gasteiger charge is -2.09. The van der Waals surface area contributed by atoms with Gasteiger partial charge in [-0.2, -0.15) is 0 Å². The first-order valence-corrected chi connectivity index (χ1v) is 6.07. The SMILES string of the molecule is COCCCOC(=O)c1cc(Br)cc(N)c1C. The van der Waals surface area contributed by atoms with Crippen molar-refractivity contribution in [1.82, 2.24) is 0 Å². The van der Waals surface area contributed by atoms with Crippen molar-refractivity contribution in [3.63, 3.8) is 0 Å². The van der Waals surface area contributed by atoms with E-state index >= 15 is 0 Å². The van der Waals surface area contributed by atoms with E-state index in [2.05, 4.69) is 15.9 Å². The van der Waals surface area contributed by atoms with Crippen LogP contribution in [0.25, 0.3) is 0 Å². The molecule has 0 saturated heterocycles. The molecular formula is C12H16BrNO3. The summed E-state index contributed by atoms with van der Waals surface area (Å²) in [6.45, 7) is 2.72. The molecule has 0 atom stereocenters. The maximum absolute atomic E-state index is 11.8. The standard InChI is InChI=1S/C12H16BrNO3/c1-8-10(6-9(13)7-11(8)14)12(15)17-5-3-4-16-2/h6-7H,3-5,14H2,1-2H3. The third kappa shape index (κ3) is 4.02. The summed E-state index contributed by atoms with van der Waals surface area (Å²) in [6, 6.07) is 3.47. The molecule has 4 nitrogen and oxygen atoms in total. The van der Waals surface area contributed by atoms with Gasteiger partial charge < -0.3 is 15.2 Å². The summed E-state index contributed by atoms with van der Waals surface area (Å²) >= 11 is 3.30. The Morgan fingerprint density at radius 2 is 2.12 bits per heavy atom. The molecule has 0 aliphatic carbocycles. The number of benzene rings is 1. The summed E-state index contributed by atoms with van der Waals surface area (Å²) in [6.07, 6.45) is 0.685. The van der Waals surface area contributed by atoms with Crippen LogP contribution in [0.4, 0.5) is 5.69 Å². The first kappa shape index (κ1) is 14.0. The van der Waals surface area contributed by atoms with Crippen LogP contribution in [0.2, 0.25) is 0 Å². The molecule has 0 radical (unpaired) electrons. The number of ether oxygens (including phenoxy) is 2. The zero-order chi connectivity index (χ0) is 12.8. The number of rotatable bonds is 5. The Morgan fingerprint density at radius 1 is 1.41 bits per heavy atom. The molecule has 0 aliphatic rings. The zero-order valence-corrected chi connectivity index (χ0v) is 11.5. The first-order valence-electron chi connectivity index (χ1n) is 5.28. The van der Waals surface area contributed by atoms with Gasteiger partial charge in [0.25, 0.3) is 0 Å². The van der Waals surface area contributed by atoms with Gasteiger partial charge >= 0.3 is 5.97 Å². The quantitative estimate of drug-likeness (QED) is 0.516. The Kier molecular flexibility index (Phi) is 5.44. The van der Waals surface area contributed by atoms with E-state index in [4.69, 9.17) is 15.2 Å². The number of nitrogens with two attached hydrogens (primary N) is 1. The van der Waals surface area contributed by atoms with E-state index in [9.17, 15) is 4.79 Å². The van der Waals surface area contributed by atoms with E-state index in [-0.39, 0.29) is 5.97 Å². The highest BCUT2D eigenvalue weighted by atomic mass is 79.9. The van der Waals surface area contributed by atoms with Crippen LogP contribution in [0, 0.1) is 6.92 Å². The van der Waals surface area contributed by atoms with Crippen molar-refractivity contribution in [3.8, 4) is 0 Å². The summed E-state index contributed by atoms with van der Waals surface area (Å²) < 4.78 is 10.8. The highest BCUT2D eigenvalue weighted by Crippen LogP contribution is 2.23. The smallest absolute Gasteiger partial charge is 0.338 e. The Balaban J connectivity index is 2.69. The molecule has 0 aromatic heterocycles. The molecule has 0 heterocycles.